The van der Waals surface area contributed by atoms with Gasteiger partial charge >= 0.3 is 0 Å². The van der Waals surface area contributed by atoms with Crippen LogP contribution in [0.5, 0.6) is 0 Å². The summed E-state index contributed by atoms with van der Waals surface area (Å²) in [5.74, 6) is 0.199. The molecule has 2 aromatic carbocycles. The number of fused-ring (bicyclic) bond motifs is 1. The second kappa shape index (κ2) is 8.99. The van der Waals surface area contributed by atoms with Crippen molar-refractivity contribution in [2.75, 3.05) is 0 Å². The molecule has 1 atom stereocenters. The van der Waals surface area contributed by atoms with Gasteiger partial charge in [-0.25, -0.2) is 22.5 Å². The van der Waals surface area contributed by atoms with E-state index in [2.05, 4.69) is 20.0 Å². The van der Waals surface area contributed by atoms with Crippen molar-refractivity contribution in [3.63, 3.8) is 0 Å². The molecule has 7 nitrogen and oxygen atoms in total. The van der Waals surface area contributed by atoms with Gasteiger partial charge in [-0.3, -0.25) is 4.79 Å². The van der Waals surface area contributed by atoms with Crippen molar-refractivity contribution < 1.29 is 17.6 Å². The Hall–Kier alpha value is -2.78. The molecule has 3 N–H and O–H groups in total. The van der Waals surface area contributed by atoms with Crippen LogP contribution in [0.2, 0.25) is 0 Å². The average molecular weight is 459 g/mol. The first-order valence-electron chi connectivity index (χ1n) is 10.8. The molecular formula is C23H27FN4O3S. The van der Waals surface area contributed by atoms with E-state index in [1.165, 1.54) is 12.1 Å². The standard InChI is InChI=1S/C23H27FN4O3S/c1-14(16-3-7-18(24)8-4-16)25-23(29)17-5-9-19(10-6-17)28-32(30,31)20-11-12-21-22(13-20)27-15(2)26-21/h3-4,7-8,11-14,17,19,28H,5-6,9-10H2,1-2H3,(H,25,29)(H,26,27)/t14-,17?,19?/m1/s1. The summed E-state index contributed by atoms with van der Waals surface area (Å²) in [6, 6.07) is 10.5. The number of nitrogens with one attached hydrogen (secondary N) is 3. The first-order valence-corrected chi connectivity index (χ1v) is 12.2. The van der Waals surface area contributed by atoms with Crippen molar-refractivity contribution in [2.45, 2.75) is 56.5 Å². The molecule has 0 aliphatic heterocycles. The normalized spacial score (nSPS) is 20.2. The number of aromatic nitrogens is 2. The molecule has 1 fully saturated rings. The van der Waals surface area contributed by atoms with Crippen molar-refractivity contribution in [3.05, 3.63) is 59.7 Å². The third-order valence-corrected chi connectivity index (χ3v) is 7.55. The number of amides is 1. The number of imidazole rings is 1. The molecule has 1 aliphatic carbocycles. The molecule has 1 heterocycles. The Kier molecular flexibility index (Phi) is 6.30. The summed E-state index contributed by atoms with van der Waals surface area (Å²) < 4.78 is 41.6. The summed E-state index contributed by atoms with van der Waals surface area (Å²) in [6.07, 6.45) is 2.39. The van der Waals surface area contributed by atoms with Crippen molar-refractivity contribution >= 4 is 27.0 Å². The van der Waals surface area contributed by atoms with Crippen molar-refractivity contribution in [1.82, 2.24) is 20.0 Å². The second-order valence-electron chi connectivity index (χ2n) is 8.45. The van der Waals surface area contributed by atoms with E-state index < -0.39 is 10.0 Å². The van der Waals surface area contributed by atoms with Crippen LogP contribution in [0.15, 0.2) is 47.4 Å². The molecule has 0 spiro atoms. The Morgan fingerprint density at radius 3 is 2.50 bits per heavy atom. The zero-order valence-electron chi connectivity index (χ0n) is 18.1. The highest BCUT2D eigenvalue weighted by Gasteiger charge is 2.30. The van der Waals surface area contributed by atoms with Gasteiger partial charge in [0.2, 0.25) is 15.9 Å². The van der Waals surface area contributed by atoms with Gasteiger partial charge in [0.05, 0.1) is 22.0 Å². The van der Waals surface area contributed by atoms with Gasteiger partial charge in [0.15, 0.2) is 0 Å². The monoisotopic (exact) mass is 458 g/mol. The van der Waals surface area contributed by atoms with Crippen LogP contribution in [-0.4, -0.2) is 30.3 Å². The quantitative estimate of drug-likeness (QED) is 0.524. The molecule has 3 aromatic rings. The van der Waals surface area contributed by atoms with E-state index in [1.54, 1.807) is 30.3 Å². The van der Waals surface area contributed by atoms with Gasteiger partial charge in [-0.2, -0.15) is 0 Å². The highest BCUT2D eigenvalue weighted by molar-refractivity contribution is 7.89. The van der Waals surface area contributed by atoms with Crippen LogP contribution in [0.25, 0.3) is 11.0 Å². The number of halogens is 1. The van der Waals surface area contributed by atoms with Crippen molar-refractivity contribution in [3.8, 4) is 0 Å². The van der Waals surface area contributed by atoms with Crippen molar-refractivity contribution in [2.24, 2.45) is 5.92 Å². The largest absolute Gasteiger partial charge is 0.349 e. The number of H-pyrrole nitrogens is 1. The lowest BCUT2D eigenvalue weighted by Gasteiger charge is -2.29. The highest BCUT2D eigenvalue weighted by Crippen LogP contribution is 2.27. The Labute approximate surface area is 186 Å². The minimum Gasteiger partial charge on any atom is -0.349 e. The van der Waals surface area contributed by atoms with Gasteiger partial charge in [0.25, 0.3) is 0 Å². The first kappa shape index (κ1) is 22.4. The number of sulfonamides is 1. The van der Waals surface area contributed by atoms with E-state index in [9.17, 15) is 17.6 Å². The number of hydrogen-bond donors (Lipinski definition) is 3. The first-order chi connectivity index (χ1) is 15.2. The summed E-state index contributed by atoms with van der Waals surface area (Å²) in [7, 11) is -3.67. The van der Waals surface area contributed by atoms with Gasteiger partial charge in [-0.15, -0.1) is 0 Å². The molecule has 0 bridgehead atoms. The number of hydrogen-bond acceptors (Lipinski definition) is 4. The molecule has 0 unspecified atom stereocenters. The lowest BCUT2D eigenvalue weighted by Crippen LogP contribution is -2.41. The molecule has 1 saturated carbocycles. The molecule has 0 saturated heterocycles. The topological polar surface area (TPSA) is 104 Å². The zero-order chi connectivity index (χ0) is 22.9. The average Bonchev–Trinajstić information content (AvgIpc) is 3.13. The van der Waals surface area contributed by atoms with Gasteiger partial charge in [-0.05, 0) is 75.4 Å². The molecule has 32 heavy (non-hydrogen) atoms. The number of nitrogens with zero attached hydrogens (tertiary/aromatic N) is 1. The Morgan fingerprint density at radius 1 is 1.12 bits per heavy atom. The SMILES string of the molecule is Cc1nc2cc(S(=O)(=O)NC3CCC(C(=O)N[C@H](C)c4ccc(F)cc4)CC3)ccc2[nH]1. The Morgan fingerprint density at radius 2 is 1.81 bits per heavy atom. The number of carbonyl (C=O) groups excluding carboxylic acids is 1. The van der Waals surface area contributed by atoms with Gasteiger partial charge in [-0.1, -0.05) is 12.1 Å². The van der Waals surface area contributed by atoms with E-state index in [0.29, 0.717) is 31.2 Å². The van der Waals surface area contributed by atoms with Crippen LogP contribution in [0.3, 0.4) is 0 Å². The van der Waals surface area contributed by atoms with Gasteiger partial charge in [0, 0.05) is 12.0 Å². The summed E-state index contributed by atoms with van der Waals surface area (Å²) in [5.41, 5.74) is 2.24. The summed E-state index contributed by atoms with van der Waals surface area (Å²) in [4.78, 5) is 20.2. The molecule has 0 radical (unpaired) electrons. The van der Waals surface area contributed by atoms with Crippen LogP contribution in [0, 0.1) is 18.7 Å². The van der Waals surface area contributed by atoms with E-state index in [1.807, 2.05) is 13.8 Å². The van der Waals surface area contributed by atoms with Crippen LogP contribution < -0.4 is 10.0 Å². The predicted octanol–water partition coefficient (Wildman–Crippen LogP) is 3.72. The number of benzene rings is 2. The molecule has 1 aliphatic rings. The number of aryl methyl sites for hydroxylation is 1. The molecular weight excluding hydrogens is 431 g/mol. The Bertz CT molecular complexity index is 1220. The predicted molar refractivity (Wildman–Crippen MR) is 120 cm³/mol. The van der Waals surface area contributed by atoms with Crippen molar-refractivity contribution in [1.29, 1.82) is 0 Å². The lowest BCUT2D eigenvalue weighted by molar-refractivity contribution is -0.126. The maximum Gasteiger partial charge on any atom is 0.240 e. The zero-order valence-corrected chi connectivity index (χ0v) is 18.9. The summed E-state index contributed by atoms with van der Waals surface area (Å²) in [6.45, 7) is 3.68. The number of carbonyl (C=O) groups is 1. The maximum atomic E-state index is 13.1. The molecule has 170 valence electrons. The number of rotatable bonds is 6. The third-order valence-electron chi connectivity index (χ3n) is 6.03. The summed E-state index contributed by atoms with van der Waals surface area (Å²) >= 11 is 0. The lowest BCUT2D eigenvalue weighted by atomic mass is 9.85. The molecule has 9 heteroatoms. The smallest absolute Gasteiger partial charge is 0.240 e. The fourth-order valence-electron chi connectivity index (χ4n) is 4.21. The van der Waals surface area contributed by atoms with Crippen LogP contribution in [0.1, 0.15) is 50.0 Å². The van der Waals surface area contributed by atoms with Gasteiger partial charge in [0.1, 0.15) is 11.6 Å². The highest BCUT2D eigenvalue weighted by atomic mass is 32.2. The number of aromatic amines is 1. The van der Waals surface area contributed by atoms with Crippen LogP contribution in [0.4, 0.5) is 4.39 Å². The summed E-state index contributed by atoms with van der Waals surface area (Å²) in [5, 5.41) is 2.98. The molecule has 1 aromatic heterocycles. The minimum atomic E-state index is -3.67. The van der Waals surface area contributed by atoms with Gasteiger partial charge < -0.3 is 10.3 Å². The van der Waals surface area contributed by atoms with Crippen LogP contribution in [-0.2, 0) is 14.8 Å². The minimum absolute atomic E-state index is 0.0533. The van der Waals surface area contributed by atoms with E-state index in [4.69, 9.17) is 0 Å². The fraction of sp³-hybridized carbons (Fsp3) is 0.391. The molecule has 4 rings (SSSR count). The maximum absolute atomic E-state index is 13.1. The fourth-order valence-corrected chi connectivity index (χ4v) is 5.53. The van der Waals surface area contributed by atoms with E-state index in [0.717, 1.165) is 16.9 Å². The van der Waals surface area contributed by atoms with E-state index >= 15 is 0 Å². The second-order valence-corrected chi connectivity index (χ2v) is 10.2. The molecule has 1 amide bonds. The van der Waals surface area contributed by atoms with E-state index in [-0.39, 0.29) is 34.6 Å². The Balaban J connectivity index is 1.32. The van der Waals surface area contributed by atoms with Crippen LogP contribution >= 0.6 is 0 Å². The third kappa shape index (κ3) is 4.99.